The summed E-state index contributed by atoms with van der Waals surface area (Å²) >= 11 is 0. The van der Waals surface area contributed by atoms with E-state index in [1.165, 1.54) is 31.2 Å². The molecule has 194 valence electrons. The number of nitrogens with zero attached hydrogens (tertiary/aromatic N) is 1. The van der Waals surface area contributed by atoms with Gasteiger partial charge in [-0.3, -0.25) is 14.4 Å². The van der Waals surface area contributed by atoms with Crippen LogP contribution in [0.3, 0.4) is 0 Å². The maximum atomic E-state index is 14.1. The van der Waals surface area contributed by atoms with Crippen LogP contribution < -0.4 is 10.6 Å². The van der Waals surface area contributed by atoms with Gasteiger partial charge >= 0.3 is 12.1 Å². The number of carboxylic acid groups (broad SMARTS) is 1. The van der Waals surface area contributed by atoms with Crippen LogP contribution in [0.4, 0.5) is 23.2 Å². The molecule has 0 aromatic heterocycles. The molecule has 2 aromatic rings. The number of fused-ring (bicyclic) bond motifs is 1. The monoisotopic (exact) mass is 517 g/mol. The summed E-state index contributed by atoms with van der Waals surface area (Å²) in [5, 5.41) is 14.5. The number of carbonyl (C=O) groups excluding carboxylic acids is 2. The van der Waals surface area contributed by atoms with E-state index >= 15 is 0 Å². The molecule has 2 amide bonds. The summed E-state index contributed by atoms with van der Waals surface area (Å²) in [4.78, 5) is 42.5. The zero-order valence-corrected chi connectivity index (χ0v) is 19.6. The number of halogens is 4. The van der Waals surface area contributed by atoms with E-state index in [0.717, 1.165) is 0 Å². The van der Waals surface area contributed by atoms with Crippen molar-refractivity contribution in [3.8, 4) is 0 Å². The molecule has 37 heavy (non-hydrogen) atoms. The number of hydrogen-bond acceptors (Lipinski definition) is 4. The Labute approximate surface area is 209 Å². The average Bonchev–Trinajstić information content (AvgIpc) is 3.55. The van der Waals surface area contributed by atoms with Crippen LogP contribution in [0.2, 0.25) is 0 Å². The highest BCUT2D eigenvalue weighted by atomic mass is 19.4. The average molecular weight is 517 g/mol. The van der Waals surface area contributed by atoms with Crippen molar-refractivity contribution in [1.82, 2.24) is 5.32 Å². The van der Waals surface area contributed by atoms with E-state index in [1.807, 2.05) is 0 Å². The van der Waals surface area contributed by atoms with E-state index in [2.05, 4.69) is 22.2 Å². The van der Waals surface area contributed by atoms with Gasteiger partial charge in [0.1, 0.15) is 5.82 Å². The van der Waals surface area contributed by atoms with E-state index in [-0.39, 0.29) is 17.7 Å². The summed E-state index contributed by atoms with van der Waals surface area (Å²) in [6.07, 6.45) is -6.38. The van der Waals surface area contributed by atoms with E-state index in [9.17, 15) is 37.1 Å². The molecule has 2 unspecified atom stereocenters. The molecular weight excluding hydrogens is 494 g/mol. The molecule has 1 aliphatic carbocycles. The molecule has 0 bridgehead atoms. The minimum Gasteiger partial charge on any atom is -0.481 e. The first-order valence-corrected chi connectivity index (χ1v) is 11.4. The van der Waals surface area contributed by atoms with Gasteiger partial charge in [0.15, 0.2) is 0 Å². The number of benzodiazepines with no additional fused rings is 1. The van der Waals surface area contributed by atoms with Crippen LogP contribution in [-0.2, 0) is 14.4 Å². The summed E-state index contributed by atoms with van der Waals surface area (Å²) in [5.74, 6) is -6.53. The van der Waals surface area contributed by atoms with E-state index in [1.54, 1.807) is 24.3 Å². The van der Waals surface area contributed by atoms with Crippen molar-refractivity contribution >= 4 is 35.3 Å². The van der Waals surface area contributed by atoms with Gasteiger partial charge in [0.05, 0.1) is 22.7 Å². The number of nitrogens with one attached hydrogen (secondary N) is 2. The van der Waals surface area contributed by atoms with Crippen LogP contribution in [0.25, 0.3) is 6.08 Å². The zero-order valence-electron chi connectivity index (χ0n) is 19.6. The van der Waals surface area contributed by atoms with E-state index in [4.69, 9.17) is 0 Å². The fourth-order valence-electron chi connectivity index (χ4n) is 4.86. The molecule has 4 rings (SSSR count). The topological polar surface area (TPSA) is 108 Å². The Morgan fingerprint density at radius 2 is 2.00 bits per heavy atom. The number of amides is 2. The second kappa shape index (κ2) is 9.45. The van der Waals surface area contributed by atoms with Crippen LogP contribution >= 0.6 is 0 Å². The summed E-state index contributed by atoms with van der Waals surface area (Å²) in [5.41, 5.74) is -0.203. The molecule has 7 nitrogen and oxygen atoms in total. The van der Waals surface area contributed by atoms with Crippen LogP contribution in [0, 0.1) is 23.1 Å². The Hall–Kier alpha value is -4.02. The lowest BCUT2D eigenvalue weighted by Gasteiger charge is -2.24. The van der Waals surface area contributed by atoms with Crippen molar-refractivity contribution in [1.29, 1.82) is 0 Å². The fourth-order valence-corrected chi connectivity index (χ4v) is 4.86. The third kappa shape index (κ3) is 4.98. The number of carbonyl (C=O) groups is 3. The van der Waals surface area contributed by atoms with Gasteiger partial charge in [-0.25, -0.2) is 9.38 Å². The number of carboxylic acids is 1. The highest BCUT2D eigenvalue weighted by Crippen LogP contribution is 2.61. The summed E-state index contributed by atoms with van der Waals surface area (Å²) in [6.45, 7) is 4.89. The minimum absolute atomic E-state index is 0.143. The molecule has 2 aliphatic rings. The number of para-hydroxylation sites is 1. The molecule has 1 heterocycles. The van der Waals surface area contributed by atoms with Crippen molar-refractivity contribution in [2.45, 2.75) is 32.1 Å². The second-order valence-electron chi connectivity index (χ2n) is 9.15. The van der Waals surface area contributed by atoms with Gasteiger partial charge in [0.25, 0.3) is 5.91 Å². The normalized spacial score (nSPS) is 23.6. The lowest BCUT2D eigenvalue weighted by atomic mass is 9.86. The molecule has 1 fully saturated rings. The Bertz CT molecular complexity index is 1320. The molecule has 3 N–H and O–H groups in total. The Balaban J connectivity index is 1.75. The number of anilines is 1. The quantitative estimate of drug-likeness (QED) is 0.474. The van der Waals surface area contributed by atoms with Gasteiger partial charge in [-0.15, -0.1) is 0 Å². The first-order chi connectivity index (χ1) is 17.4. The smallest absolute Gasteiger partial charge is 0.389 e. The molecule has 4 atom stereocenters. The molecule has 2 aromatic carbocycles. The van der Waals surface area contributed by atoms with E-state index < -0.39 is 59.6 Å². The third-order valence-corrected chi connectivity index (χ3v) is 6.89. The number of benzene rings is 2. The van der Waals surface area contributed by atoms with Crippen LogP contribution in [0.1, 0.15) is 36.5 Å². The summed E-state index contributed by atoms with van der Waals surface area (Å²) in [7, 11) is 0. The van der Waals surface area contributed by atoms with Gasteiger partial charge in [-0.2, -0.15) is 13.2 Å². The molecule has 0 spiro atoms. The molecule has 0 radical (unpaired) electrons. The Morgan fingerprint density at radius 1 is 1.30 bits per heavy atom. The predicted octanol–water partition coefficient (Wildman–Crippen LogP) is 4.38. The van der Waals surface area contributed by atoms with E-state index in [0.29, 0.717) is 16.8 Å². The molecule has 0 saturated heterocycles. The third-order valence-electron chi connectivity index (χ3n) is 6.89. The fraction of sp³-hybridized carbons (Fsp3) is 0.308. The van der Waals surface area contributed by atoms with Gasteiger partial charge in [0, 0.05) is 17.5 Å². The first-order valence-electron chi connectivity index (χ1n) is 11.4. The highest BCUT2D eigenvalue weighted by Gasteiger charge is 2.67. The Morgan fingerprint density at radius 3 is 2.62 bits per heavy atom. The zero-order chi connectivity index (χ0) is 27.1. The molecule has 11 heteroatoms. The number of hydrogen-bond donors (Lipinski definition) is 3. The SMILES string of the molecule is C=Cc1cccc2c1NC(=O)C(NC(=O)C1([C@H](C)C(=O)O)C[C@H]1CC(F)(F)F)N=C2c1cccc(F)c1. The van der Waals surface area contributed by atoms with Crippen LogP contribution in [0.5, 0.6) is 0 Å². The van der Waals surface area contributed by atoms with Gasteiger partial charge < -0.3 is 15.7 Å². The van der Waals surface area contributed by atoms with Gasteiger partial charge in [0.2, 0.25) is 12.1 Å². The van der Waals surface area contributed by atoms with Gasteiger partial charge in [-0.05, 0) is 30.0 Å². The largest absolute Gasteiger partial charge is 0.481 e. The standard InChI is InChI=1S/C26H23F4N3O4/c1-3-14-6-5-9-18-19(14)32-22(34)21(31-20(18)15-7-4-8-17(27)10-15)33-24(37)25(13(2)23(35)36)11-16(25)12-26(28,29)30/h3-10,13,16,21H,1,11-12H2,2H3,(H,32,34)(H,33,37)(H,35,36)/t13-,16+,21?,25?/m1/s1. The Kier molecular flexibility index (Phi) is 6.66. The second-order valence-corrected chi connectivity index (χ2v) is 9.15. The van der Waals surface area contributed by atoms with Crippen molar-refractivity contribution < 1.29 is 37.1 Å². The van der Waals surface area contributed by atoms with Crippen molar-refractivity contribution in [3.63, 3.8) is 0 Å². The molecule has 1 aliphatic heterocycles. The van der Waals surface area contributed by atoms with Gasteiger partial charge in [-0.1, -0.05) is 49.9 Å². The van der Waals surface area contributed by atoms with Crippen molar-refractivity contribution in [3.05, 3.63) is 71.6 Å². The van der Waals surface area contributed by atoms with Crippen LogP contribution in [-0.4, -0.2) is 40.9 Å². The number of alkyl halides is 3. The maximum Gasteiger partial charge on any atom is 0.389 e. The molecule has 1 saturated carbocycles. The maximum absolute atomic E-state index is 14.1. The highest BCUT2D eigenvalue weighted by molar-refractivity contribution is 6.20. The van der Waals surface area contributed by atoms with Crippen molar-refractivity contribution in [2.24, 2.45) is 22.2 Å². The first kappa shape index (κ1) is 26.1. The number of aliphatic imine (C=N–C) groups is 1. The molecular formula is C26H23F4N3O4. The lowest BCUT2D eigenvalue weighted by molar-refractivity contribution is -0.153. The summed E-state index contributed by atoms with van der Waals surface area (Å²) in [6, 6.07) is 10.4. The number of aliphatic carboxylic acids is 1. The lowest BCUT2D eigenvalue weighted by Crippen LogP contribution is -2.48. The number of rotatable bonds is 7. The predicted molar refractivity (Wildman–Crippen MR) is 127 cm³/mol. The van der Waals surface area contributed by atoms with Crippen LogP contribution in [0.15, 0.2) is 54.0 Å². The minimum atomic E-state index is -4.60. The summed E-state index contributed by atoms with van der Waals surface area (Å²) < 4.78 is 53.3. The van der Waals surface area contributed by atoms with Crippen molar-refractivity contribution in [2.75, 3.05) is 5.32 Å².